The average Bonchev–Trinajstić information content (AvgIpc) is 2.62. The molecule has 0 saturated carbocycles. The van der Waals surface area contributed by atoms with E-state index < -0.39 is 5.97 Å². The van der Waals surface area contributed by atoms with Crippen molar-refractivity contribution in [1.29, 1.82) is 0 Å². The van der Waals surface area contributed by atoms with Crippen molar-refractivity contribution in [3.05, 3.63) is 64.8 Å². The van der Waals surface area contributed by atoms with E-state index in [-0.39, 0.29) is 22.1 Å². The lowest BCUT2D eigenvalue weighted by Gasteiger charge is -2.10. The van der Waals surface area contributed by atoms with Crippen molar-refractivity contribution in [3.8, 4) is 11.5 Å². The standard InChI is InChI=1S/C18H16ClNO5/c1-24-12-5-3-11(4-6-12)16(21)7-8-20-15-10-17(25-2)13(18(22)23)9-14(15)19/h3-10,20H,1-2H3,(H,22,23)/b8-7-. The highest BCUT2D eigenvalue weighted by Crippen LogP contribution is 2.31. The minimum absolute atomic E-state index is 0.0451. The Labute approximate surface area is 149 Å². The molecule has 0 atom stereocenters. The van der Waals surface area contributed by atoms with E-state index in [0.717, 1.165) is 0 Å². The molecule has 0 radical (unpaired) electrons. The van der Waals surface area contributed by atoms with E-state index in [1.54, 1.807) is 31.4 Å². The Hall–Kier alpha value is -2.99. The van der Waals surface area contributed by atoms with Crippen LogP contribution in [0.3, 0.4) is 0 Å². The number of anilines is 1. The molecule has 7 heteroatoms. The van der Waals surface area contributed by atoms with Crippen LogP contribution in [-0.2, 0) is 0 Å². The minimum atomic E-state index is -1.14. The number of carbonyl (C=O) groups excluding carboxylic acids is 1. The second kappa shape index (κ2) is 8.21. The monoisotopic (exact) mass is 361 g/mol. The summed E-state index contributed by atoms with van der Waals surface area (Å²) < 4.78 is 10.1. The molecule has 0 aliphatic carbocycles. The number of carboxylic acid groups (broad SMARTS) is 1. The van der Waals surface area contributed by atoms with E-state index >= 15 is 0 Å². The number of allylic oxidation sites excluding steroid dienone is 1. The molecule has 0 fully saturated rings. The summed E-state index contributed by atoms with van der Waals surface area (Å²) in [5.41, 5.74) is 0.877. The van der Waals surface area contributed by atoms with E-state index in [1.807, 2.05) is 0 Å². The molecule has 0 saturated heterocycles. The summed E-state index contributed by atoms with van der Waals surface area (Å²) in [6.07, 6.45) is 2.77. The van der Waals surface area contributed by atoms with Gasteiger partial charge in [-0.05, 0) is 30.3 Å². The van der Waals surface area contributed by atoms with Crippen molar-refractivity contribution in [2.24, 2.45) is 0 Å². The van der Waals surface area contributed by atoms with Crippen LogP contribution < -0.4 is 14.8 Å². The number of rotatable bonds is 7. The molecular formula is C18H16ClNO5. The number of carboxylic acids is 1. The zero-order valence-electron chi connectivity index (χ0n) is 13.6. The lowest BCUT2D eigenvalue weighted by molar-refractivity contribution is 0.0693. The van der Waals surface area contributed by atoms with Crippen molar-refractivity contribution < 1.29 is 24.2 Å². The van der Waals surface area contributed by atoms with Crippen molar-refractivity contribution in [2.45, 2.75) is 0 Å². The lowest BCUT2D eigenvalue weighted by atomic mass is 10.1. The highest BCUT2D eigenvalue weighted by molar-refractivity contribution is 6.33. The second-order valence-corrected chi connectivity index (χ2v) is 5.32. The molecule has 2 aromatic rings. The number of ether oxygens (including phenoxy) is 2. The summed E-state index contributed by atoms with van der Waals surface area (Å²) in [5, 5.41) is 12.1. The van der Waals surface area contributed by atoms with Crippen molar-refractivity contribution >= 4 is 29.0 Å². The number of aromatic carboxylic acids is 1. The first-order valence-electron chi connectivity index (χ1n) is 7.18. The number of ketones is 1. The number of methoxy groups -OCH3 is 2. The smallest absolute Gasteiger partial charge is 0.339 e. The van der Waals surface area contributed by atoms with Gasteiger partial charge in [0.15, 0.2) is 5.78 Å². The molecule has 130 valence electrons. The van der Waals surface area contributed by atoms with Crippen LogP contribution in [0.4, 0.5) is 5.69 Å². The van der Waals surface area contributed by atoms with Crippen LogP contribution in [0, 0.1) is 0 Å². The van der Waals surface area contributed by atoms with Crippen molar-refractivity contribution in [2.75, 3.05) is 19.5 Å². The summed E-state index contributed by atoms with van der Waals surface area (Å²) in [6.45, 7) is 0. The van der Waals surface area contributed by atoms with Gasteiger partial charge < -0.3 is 19.9 Å². The molecule has 25 heavy (non-hydrogen) atoms. The molecule has 0 heterocycles. The zero-order chi connectivity index (χ0) is 18.4. The normalized spacial score (nSPS) is 10.5. The van der Waals surface area contributed by atoms with Gasteiger partial charge in [-0.2, -0.15) is 0 Å². The highest BCUT2D eigenvalue weighted by Gasteiger charge is 2.14. The molecule has 0 aromatic heterocycles. The third-order valence-electron chi connectivity index (χ3n) is 3.37. The molecule has 0 bridgehead atoms. The van der Waals surface area contributed by atoms with Crippen LogP contribution in [0.5, 0.6) is 11.5 Å². The van der Waals surface area contributed by atoms with Gasteiger partial charge in [-0.1, -0.05) is 11.6 Å². The fourth-order valence-corrected chi connectivity index (χ4v) is 2.28. The van der Waals surface area contributed by atoms with Gasteiger partial charge in [0.05, 0.1) is 24.9 Å². The Morgan fingerprint density at radius 3 is 2.36 bits per heavy atom. The summed E-state index contributed by atoms with van der Waals surface area (Å²) in [5.74, 6) is -0.527. The number of benzene rings is 2. The fraction of sp³-hybridized carbons (Fsp3) is 0.111. The maximum absolute atomic E-state index is 12.1. The molecule has 0 amide bonds. The Balaban J connectivity index is 2.13. The van der Waals surface area contributed by atoms with Gasteiger partial charge in [-0.3, -0.25) is 4.79 Å². The van der Waals surface area contributed by atoms with Gasteiger partial charge in [-0.25, -0.2) is 4.79 Å². The summed E-state index contributed by atoms with van der Waals surface area (Å²) in [4.78, 5) is 23.2. The molecule has 2 rings (SSSR count). The zero-order valence-corrected chi connectivity index (χ0v) is 14.3. The van der Waals surface area contributed by atoms with E-state index in [2.05, 4.69) is 5.32 Å². The Morgan fingerprint density at radius 2 is 1.80 bits per heavy atom. The minimum Gasteiger partial charge on any atom is -0.497 e. The predicted octanol–water partition coefficient (Wildman–Crippen LogP) is 3.86. The predicted molar refractivity (Wildman–Crippen MR) is 95.1 cm³/mol. The SMILES string of the molecule is COc1ccc(C(=O)/C=C\Nc2cc(OC)c(C(=O)O)cc2Cl)cc1. The van der Waals surface area contributed by atoms with Crippen LogP contribution in [0.25, 0.3) is 0 Å². The Kier molecular flexibility index (Phi) is 6.03. The number of hydrogen-bond acceptors (Lipinski definition) is 5. The van der Waals surface area contributed by atoms with Gasteiger partial charge in [0.2, 0.25) is 0 Å². The number of hydrogen-bond donors (Lipinski definition) is 2. The van der Waals surface area contributed by atoms with Gasteiger partial charge in [0, 0.05) is 23.9 Å². The topological polar surface area (TPSA) is 84.9 Å². The first kappa shape index (κ1) is 18.4. The van der Waals surface area contributed by atoms with E-state index in [9.17, 15) is 9.59 Å². The fourth-order valence-electron chi connectivity index (χ4n) is 2.06. The molecule has 0 spiro atoms. The molecule has 0 aliphatic heterocycles. The molecule has 2 aromatic carbocycles. The maximum atomic E-state index is 12.1. The molecule has 6 nitrogen and oxygen atoms in total. The van der Waals surface area contributed by atoms with E-state index in [1.165, 1.54) is 31.5 Å². The largest absolute Gasteiger partial charge is 0.497 e. The second-order valence-electron chi connectivity index (χ2n) is 4.91. The number of nitrogens with one attached hydrogen (secondary N) is 1. The van der Waals surface area contributed by atoms with Crippen LogP contribution in [-0.4, -0.2) is 31.1 Å². The third-order valence-corrected chi connectivity index (χ3v) is 3.68. The molecule has 2 N–H and O–H groups in total. The summed E-state index contributed by atoms with van der Waals surface area (Å²) in [6, 6.07) is 9.44. The third kappa shape index (κ3) is 4.51. The van der Waals surface area contributed by atoms with Gasteiger partial charge in [0.1, 0.15) is 17.1 Å². The molecule has 0 aliphatic rings. The van der Waals surface area contributed by atoms with E-state index in [4.69, 9.17) is 26.2 Å². The Morgan fingerprint density at radius 1 is 1.12 bits per heavy atom. The Bertz CT molecular complexity index is 815. The highest BCUT2D eigenvalue weighted by atomic mass is 35.5. The quantitative estimate of drug-likeness (QED) is 0.575. The van der Waals surface area contributed by atoms with Crippen molar-refractivity contribution in [1.82, 2.24) is 0 Å². The van der Waals surface area contributed by atoms with Crippen molar-refractivity contribution in [3.63, 3.8) is 0 Å². The van der Waals surface area contributed by atoms with Crippen LogP contribution in [0.15, 0.2) is 48.7 Å². The van der Waals surface area contributed by atoms with Crippen LogP contribution in [0.1, 0.15) is 20.7 Å². The number of halogens is 1. The summed E-state index contributed by atoms with van der Waals surface area (Å²) in [7, 11) is 2.91. The molecular weight excluding hydrogens is 346 g/mol. The van der Waals surface area contributed by atoms with Crippen LogP contribution >= 0.6 is 11.6 Å². The van der Waals surface area contributed by atoms with Gasteiger partial charge in [0.25, 0.3) is 0 Å². The maximum Gasteiger partial charge on any atom is 0.339 e. The van der Waals surface area contributed by atoms with Gasteiger partial charge in [-0.15, -0.1) is 0 Å². The van der Waals surface area contributed by atoms with Crippen LogP contribution in [0.2, 0.25) is 5.02 Å². The number of carbonyl (C=O) groups is 2. The first-order chi connectivity index (χ1) is 12.0. The van der Waals surface area contributed by atoms with Gasteiger partial charge >= 0.3 is 5.97 Å². The average molecular weight is 362 g/mol. The summed E-state index contributed by atoms with van der Waals surface area (Å²) >= 11 is 6.05. The first-order valence-corrected chi connectivity index (χ1v) is 7.56. The molecule has 0 unspecified atom stereocenters. The lowest BCUT2D eigenvalue weighted by Crippen LogP contribution is -2.02. The van der Waals surface area contributed by atoms with E-state index in [0.29, 0.717) is 17.0 Å².